The summed E-state index contributed by atoms with van der Waals surface area (Å²) in [6.07, 6.45) is 0. The lowest BCUT2D eigenvalue weighted by molar-refractivity contribution is -0.384. The van der Waals surface area contributed by atoms with E-state index in [1.54, 1.807) is 6.07 Å². The predicted molar refractivity (Wildman–Crippen MR) is 84.9 cm³/mol. The van der Waals surface area contributed by atoms with Crippen molar-refractivity contribution in [1.29, 1.82) is 0 Å². The van der Waals surface area contributed by atoms with Crippen molar-refractivity contribution in [2.75, 3.05) is 0 Å². The molecule has 0 aliphatic heterocycles. The standard InChI is InChI=1S/C17H18N2O3/c1-11-7-8-14(9-12(11)2)13(3)18-17(20)15-5-4-6-16(10-15)19(21)22/h4-10,13H,1-3H3,(H,18,20)/t13-/m1/s1. The van der Waals surface area contributed by atoms with Gasteiger partial charge in [-0.2, -0.15) is 0 Å². The highest BCUT2D eigenvalue weighted by Crippen LogP contribution is 2.18. The fraction of sp³-hybridized carbons (Fsp3) is 0.235. The van der Waals surface area contributed by atoms with E-state index < -0.39 is 4.92 Å². The van der Waals surface area contributed by atoms with Crippen molar-refractivity contribution < 1.29 is 9.72 Å². The summed E-state index contributed by atoms with van der Waals surface area (Å²) in [6.45, 7) is 5.94. The van der Waals surface area contributed by atoms with E-state index in [0.717, 1.165) is 11.1 Å². The zero-order valence-electron chi connectivity index (χ0n) is 12.8. The first kappa shape index (κ1) is 15.7. The van der Waals surface area contributed by atoms with Crippen LogP contribution in [0.5, 0.6) is 0 Å². The van der Waals surface area contributed by atoms with Gasteiger partial charge in [0.25, 0.3) is 11.6 Å². The molecule has 0 bridgehead atoms. The molecule has 0 saturated carbocycles. The number of rotatable bonds is 4. The third-order valence-electron chi connectivity index (χ3n) is 3.70. The third kappa shape index (κ3) is 3.49. The van der Waals surface area contributed by atoms with Crippen molar-refractivity contribution >= 4 is 11.6 Å². The number of hydrogen-bond acceptors (Lipinski definition) is 3. The van der Waals surface area contributed by atoms with Gasteiger partial charge in [-0.3, -0.25) is 14.9 Å². The second-order valence-electron chi connectivity index (χ2n) is 5.35. The highest BCUT2D eigenvalue weighted by atomic mass is 16.6. The molecule has 1 N–H and O–H groups in total. The normalized spacial score (nSPS) is 11.8. The first-order valence-electron chi connectivity index (χ1n) is 7.01. The summed E-state index contributed by atoms with van der Waals surface area (Å²) in [7, 11) is 0. The molecule has 5 heteroatoms. The minimum Gasteiger partial charge on any atom is -0.346 e. The maximum Gasteiger partial charge on any atom is 0.270 e. The van der Waals surface area contributed by atoms with Crippen LogP contribution >= 0.6 is 0 Å². The number of nitro groups is 1. The van der Waals surface area contributed by atoms with Gasteiger partial charge in [0.2, 0.25) is 0 Å². The Bertz CT molecular complexity index is 726. The molecule has 0 spiro atoms. The average Bonchev–Trinajstić information content (AvgIpc) is 2.50. The van der Waals surface area contributed by atoms with Crippen molar-refractivity contribution in [3.8, 4) is 0 Å². The molecule has 0 saturated heterocycles. The van der Waals surface area contributed by atoms with Crippen LogP contribution in [0.4, 0.5) is 5.69 Å². The van der Waals surface area contributed by atoms with Crippen LogP contribution in [0, 0.1) is 24.0 Å². The Hall–Kier alpha value is -2.69. The fourth-order valence-corrected chi connectivity index (χ4v) is 2.16. The lowest BCUT2D eigenvalue weighted by Gasteiger charge is -2.15. The average molecular weight is 298 g/mol. The van der Waals surface area contributed by atoms with Crippen molar-refractivity contribution in [1.82, 2.24) is 5.32 Å². The van der Waals surface area contributed by atoms with Crippen molar-refractivity contribution in [2.24, 2.45) is 0 Å². The Kier molecular flexibility index (Phi) is 4.56. The number of aryl methyl sites for hydroxylation is 2. The van der Waals surface area contributed by atoms with Gasteiger partial charge in [-0.1, -0.05) is 24.3 Å². The number of benzene rings is 2. The van der Waals surface area contributed by atoms with Gasteiger partial charge in [0, 0.05) is 17.7 Å². The van der Waals surface area contributed by atoms with E-state index in [9.17, 15) is 14.9 Å². The summed E-state index contributed by atoms with van der Waals surface area (Å²) in [5.41, 5.74) is 3.55. The molecule has 0 aliphatic rings. The number of non-ortho nitro benzene ring substituents is 1. The summed E-state index contributed by atoms with van der Waals surface area (Å²) in [5, 5.41) is 13.6. The third-order valence-corrected chi connectivity index (χ3v) is 3.70. The van der Waals surface area contributed by atoms with E-state index in [4.69, 9.17) is 0 Å². The highest BCUT2D eigenvalue weighted by Gasteiger charge is 2.14. The molecule has 0 heterocycles. The van der Waals surface area contributed by atoms with Gasteiger partial charge in [0.1, 0.15) is 0 Å². The Morgan fingerprint density at radius 1 is 1.14 bits per heavy atom. The number of hydrogen-bond donors (Lipinski definition) is 1. The second-order valence-corrected chi connectivity index (χ2v) is 5.35. The van der Waals surface area contributed by atoms with Crippen LogP contribution < -0.4 is 5.32 Å². The van der Waals surface area contributed by atoms with Gasteiger partial charge in [0.05, 0.1) is 11.0 Å². The van der Waals surface area contributed by atoms with Crippen molar-refractivity contribution in [3.05, 3.63) is 74.8 Å². The Morgan fingerprint density at radius 3 is 2.50 bits per heavy atom. The maximum absolute atomic E-state index is 12.2. The molecule has 0 unspecified atom stereocenters. The number of nitro benzene ring substituents is 1. The first-order chi connectivity index (χ1) is 10.4. The van der Waals surface area contributed by atoms with Gasteiger partial charge in [-0.15, -0.1) is 0 Å². The number of amides is 1. The molecule has 1 atom stereocenters. The Morgan fingerprint density at radius 2 is 1.86 bits per heavy atom. The zero-order valence-corrected chi connectivity index (χ0v) is 12.8. The summed E-state index contributed by atoms with van der Waals surface area (Å²) in [6, 6.07) is 11.6. The minimum atomic E-state index is -0.510. The minimum absolute atomic E-state index is 0.0912. The molecule has 1 amide bonds. The molecule has 22 heavy (non-hydrogen) atoms. The van der Waals surface area contributed by atoms with Crippen LogP contribution in [0.15, 0.2) is 42.5 Å². The fourth-order valence-electron chi connectivity index (χ4n) is 2.16. The largest absolute Gasteiger partial charge is 0.346 e. The number of carbonyl (C=O) groups is 1. The predicted octanol–water partition coefficient (Wildman–Crippen LogP) is 3.70. The molecule has 5 nitrogen and oxygen atoms in total. The van der Waals surface area contributed by atoms with E-state index >= 15 is 0 Å². The molecule has 2 aromatic rings. The number of nitrogens with zero attached hydrogens (tertiary/aromatic N) is 1. The maximum atomic E-state index is 12.2. The molecule has 0 aliphatic carbocycles. The van der Waals surface area contributed by atoms with Crippen LogP contribution in [-0.4, -0.2) is 10.8 Å². The molecule has 0 fully saturated rings. The monoisotopic (exact) mass is 298 g/mol. The summed E-state index contributed by atoms with van der Waals surface area (Å²) < 4.78 is 0. The van der Waals surface area contributed by atoms with Gasteiger partial charge in [0.15, 0.2) is 0 Å². The van der Waals surface area contributed by atoms with Crippen LogP contribution in [-0.2, 0) is 0 Å². The van der Waals surface area contributed by atoms with Gasteiger partial charge in [-0.05, 0) is 43.5 Å². The van der Waals surface area contributed by atoms with Crippen LogP contribution in [0.2, 0.25) is 0 Å². The first-order valence-corrected chi connectivity index (χ1v) is 7.01. The zero-order chi connectivity index (χ0) is 16.3. The molecule has 0 radical (unpaired) electrons. The van der Waals surface area contributed by atoms with E-state index in [1.807, 2.05) is 39.0 Å². The van der Waals surface area contributed by atoms with E-state index in [-0.39, 0.29) is 23.2 Å². The SMILES string of the molecule is Cc1ccc([C@@H](C)NC(=O)c2cccc([N+](=O)[O-])c2)cc1C. The molecule has 114 valence electrons. The van der Waals surface area contributed by atoms with Gasteiger partial charge >= 0.3 is 0 Å². The molecular formula is C17H18N2O3. The van der Waals surface area contributed by atoms with Gasteiger partial charge < -0.3 is 5.32 Å². The van der Waals surface area contributed by atoms with Crippen LogP contribution in [0.1, 0.15) is 40.0 Å². The quantitative estimate of drug-likeness (QED) is 0.691. The molecule has 0 aromatic heterocycles. The highest BCUT2D eigenvalue weighted by molar-refractivity contribution is 5.95. The molecular weight excluding hydrogens is 280 g/mol. The summed E-state index contributed by atoms with van der Waals surface area (Å²) in [5.74, 6) is -0.325. The van der Waals surface area contributed by atoms with Crippen LogP contribution in [0.25, 0.3) is 0 Å². The lowest BCUT2D eigenvalue weighted by atomic mass is 10.0. The van der Waals surface area contributed by atoms with Gasteiger partial charge in [-0.25, -0.2) is 0 Å². The second kappa shape index (κ2) is 6.39. The van der Waals surface area contributed by atoms with E-state index in [1.165, 1.54) is 23.8 Å². The topological polar surface area (TPSA) is 72.2 Å². The summed E-state index contributed by atoms with van der Waals surface area (Å²) >= 11 is 0. The number of carbonyl (C=O) groups excluding carboxylic acids is 1. The Balaban J connectivity index is 2.15. The van der Waals surface area contributed by atoms with E-state index in [0.29, 0.717) is 0 Å². The van der Waals surface area contributed by atoms with Crippen molar-refractivity contribution in [2.45, 2.75) is 26.8 Å². The van der Waals surface area contributed by atoms with E-state index in [2.05, 4.69) is 5.32 Å². The van der Waals surface area contributed by atoms with Crippen molar-refractivity contribution in [3.63, 3.8) is 0 Å². The lowest BCUT2D eigenvalue weighted by Crippen LogP contribution is -2.26. The molecule has 2 rings (SSSR count). The smallest absolute Gasteiger partial charge is 0.270 e. The van der Waals surface area contributed by atoms with Crippen LogP contribution in [0.3, 0.4) is 0 Å². The summed E-state index contributed by atoms with van der Waals surface area (Å²) in [4.78, 5) is 22.5. The molecule has 2 aromatic carbocycles. The number of nitrogens with one attached hydrogen (secondary N) is 1. The Labute approximate surface area is 129 Å².